The Morgan fingerprint density at radius 3 is 2.70 bits per heavy atom. The molecule has 27 heavy (non-hydrogen) atoms. The molecule has 1 N–H and O–H groups in total. The van der Waals surface area contributed by atoms with Crippen LogP contribution in [-0.2, 0) is 16.1 Å². The molecule has 0 bridgehead atoms. The average molecular weight is 408 g/mol. The largest absolute Gasteiger partial charge is 0.378 e. The van der Waals surface area contributed by atoms with Gasteiger partial charge in [0.25, 0.3) is 0 Å². The molecule has 1 aliphatic rings. The maximum absolute atomic E-state index is 12.1. The highest BCUT2D eigenvalue weighted by molar-refractivity contribution is 7.99. The lowest BCUT2D eigenvalue weighted by Crippen LogP contribution is -2.38. The third kappa shape index (κ3) is 5.88. The number of rotatable bonds is 9. The SMILES string of the molecule is CCn1c(SCC(=O)NCCSc2ccccc2)nnc1N1CCOCC1. The Hall–Kier alpha value is -1.71. The van der Waals surface area contributed by atoms with E-state index in [9.17, 15) is 4.79 Å². The molecule has 9 heteroatoms. The third-order valence-corrected chi connectivity index (χ3v) is 6.06. The van der Waals surface area contributed by atoms with Gasteiger partial charge in [0.05, 0.1) is 19.0 Å². The van der Waals surface area contributed by atoms with Gasteiger partial charge < -0.3 is 15.0 Å². The molecule has 7 nitrogen and oxygen atoms in total. The lowest BCUT2D eigenvalue weighted by atomic mass is 10.4. The smallest absolute Gasteiger partial charge is 0.230 e. The fraction of sp³-hybridized carbons (Fsp3) is 0.500. The molecule has 2 heterocycles. The van der Waals surface area contributed by atoms with E-state index < -0.39 is 0 Å². The second kappa shape index (κ2) is 10.6. The van der Waals surface area contributed by atoms with E-state index in [1.165, 1.54) is 16.7 Å². The summed E-state index contributed by atoms with van der Waals surface area (Å²) in [5.74, 6) is 2.08. The van der Waals surface area contributed by atoms with E-state index in [1.54, 1.807) is 11.8 Å². The van der Waals surface area contributed by atoms with Gasteiger partial charge in [-0.25, -0.2) is 0 Å². The number of benzene rings is 1. The zero-order chi connectivity index (χ0) is 18.9. The quantitative estimate of drug-likeness (QED) is 0.504. The van der Waals surface area contributed by atoms with Crippen molar-refractivity contribution in [2.24, 2.45) is 0 Å². The van der Waals surface area contributed by atoms with Crippen LogP contribution in [0.25, 0.3) is 0 Å². The van der Waals surface area contributed by atoms with Crippen molar-refractivity contribution in [1.82, 2.24) is 20.1 Å². The van der Waals surface area contributed by atoms with Crippen LogP contribution in [0.2, 0.25) is 0 Å². The maximum Gasteiger partial charge on any atom is 0.230 e. The van der Waals surface area contributed by atoms with Crippen molar-refractivity contribution in [3.05, 3.63) is 30.3 Å². The monoisotopic (exact) mass is 407 g/mol. The van der Waals surface area contributed by atoms with Gasteiger partial charge in [-0.1, -0.05) is 30.0 Å². The summed E-state index contributed by atoms with van der Waals surface area (Å²) in [5.41, 5.74) is 0. The van der Waals surface area contributed by atoms with Crippen LogP contribution >= 0.6 is 23.5 Å². The summed E-state index contributed by atoms with van der Waals surface area (Å²) in [6.45, 7) is 6.56. The van der Waals surface area contributed by atoms with Crippen molar-refractivity contribution >= 4 is 35.4 Å². The van der Waals surface area contributed by atoms with Crippen molar-refractivity contribution in [1.29, 1.82) is 0 Å². The van der Waals surface area contributed by atoms with E-state index in [1.807, 2.05) is 18.2 Å². The van der Waals surface area contributed by atoms with Gasteiger partial charge in [-0.05, 0) is 19.1 Å². The van der Waals surface area contributed by atoms with Crippen molar-refractivity contribution in [2.45, 2.75) is 23.5 Å². The summed E-state index contributed by atoms with van der Waals surface area (Å²) < 4.78 is 7.46. The topological polar surface area (TPSA) is 72.3 Å². The van der Waals surface area contributed by atoms with Crippen LogP contribution in [0.3, 0.4) is 0 Å². The number of amides is 1. The van der Waals surface area contributed by atoms with Gasteiger partial charge in [-0.3, -0.25) is 9.36 Å². The Labute approximate surface area is 168 Å². The van der Waals surface area contributed by atoms with Crippen LogP contribution in [0.4, 0.5) is 5.95 Å². The van der Waals surface area contributed by atoms with Crippen molar-refractivity contribution < 1.29 is 9.53 Å². The van der Waals surface area contributed by atoms with E-state index >= 15 is 0 Å². The van der Waals surface area contributed by atoms with Gasteiger partial charge in [0.15, 0.2) is 5.16 Å². The molecule has 146 valence electrons. The van der Waals surface area contributed by atoms with Crippen LogP contribution < -0.4 is 10.2 Å². The Morgan fingerprint density at radius 1 is 1.19 bits per heavy atom. The lowest BCUT2D eigenvalue weighted by Gasteiger charge is -2.27. The third-order valence-electron chi connectivity index (χ3n) is 4.08. The number of thioether (sulfide) groups is 2. The predicted octanol–water partition coefficient (Wildman–Crippen LogP) is 2.14. The molecule has 1 amide bonds. The van der Waals surface area contributed by atoms with Crippen molar-refractivity contribution in [3.63, 3.8) is 0 Å². The number of carbonyl (C=O) groups excluding carboxylic acids is 1. The number of hydrogen-bond donors (Lipinski definition) is 1. The van der Waals surface area contributed by atoms with E-state index in [4.69, 9.17) is 4.74 Å². The number of carbonyl (C=O) groups is 1. The molecule has 0 radical (unpaired) electrons. The van der Waals surface area contributed by atoms with E-state index in [2.05, 4.69) is 44.0 Å². The Balaban J connectivity index is 1.42. The van der Waals surface area contributed by atoms with Gasteiger partial charge >= 0.3 is 0 Å². The molecule has 1 saturated heterocycles. The zero-order valence-electron chi connectivity index (χ0n) is 15.5. The van der Waals surface area contributed by atoms with Gasteiger partial charge in [0.1, 0.15) is 0 Å². The van der Waals surface area contributed by atoms with Crippen LogP contribution in [-0.4, -0.2) is 65.0 Å². The summed E-state index contributed by atoms with van der Waals surface area (Å²) in [6, 6.07) is 10.2. The number of anilines is 1. The number of aromatic nitrogens is 3. The second-order valence-electron chi connectivity index (χ2n) is 5.93. The normalized spacial score (nSPS) is 14.3. The minimum atomic E-state index is 0.0206. The summed E-state index contributed by atoms with van der Waals surface area (Å²) in [5, 5.41) is 12.4. The highest BCUT2D eigenvalue weighted by Gasteiger charge is 2.20. The average Bonchev–Trinajstić information content (AvgIpc) is 3.14. The maximum atomic E-state index is 12.1. The van der Waals surface area contributed by atoms with Crippen molar-refractivity contribution in [3.8, 4) is 0 Å². The number of hydrogen-bond acceptors (Lipinski definition) is 7. The highest BCUT2D eigenvalue weighted by Crippen LogP contribution is 2.22. The first-order valence-electron chi connectivity index (χ1n) is 9.11. The first kappa shape index (κ1) is 20.0. The fourth-order valence-corrected chi connectivity index (χ4v) is 4.34. The first-order valence-corrected chi connectivity index (χ1v) is 11.1. The molecule has 1 aromatic carbocycles. The minimum Gasteiger partial charge on any atom is -0.378 e. The fourth-order valence-electron chi connectivity index (χ4n) is 2.72. The molecule has 0 saturated carbocycles. The minimum absolute atomic E-state index is 0.0206. The molecule has 0 atom stereocenters. The Kier molecular flexibility index (Phi) is 7.85. The van der Waals surface area contributed by atoms with Gasteiger partial charge in [0, 0.05) is 36.8 Å². The molecule has 0 unspecified atom stereocenters. The second-order valence-corrected chi connectivity index (χ2v) is 8.04. The molecule has 0 aliphatic carbocycles. The molecule has 1 aromatic heterocycles. The molecular formula is C18H25N5O2S2. The molecule has 2 aromatic rings. The van der Waals surface area contributed by atoms with E-state index in [0.29, 0.717) is 25.5 Å². The lowest BCUT2D eigenvalue weighted by molar-refractivity contribution is -0.118. The predicted molar refractivity (Wildman–Crippen MR) is 110 cm³/mol. The number of morpholine rings is 1. The molecular weight excluding hydrogens is 382 g/mol. The van der Waals surface area contributed by atoms with E-state index in [0.717, 1.165) is 36.5 Å². The van der Waals surface area contributed by atoms with Gasteiger partial charge in [-0.15, -0.1) is 22.0 Å². The molecule has 1 fully saturated rings. The highest BCUT2D eigenvalue weighted by atomic mass is 32.2. The van der Waals surface area contributed by atoms with E-state index in [-0.39, 0.29) is 5.91 Å². The standard InChI is InChI=1S/C18H25N5O2S2/c1-2-23-17(22-9-11-25-12-10-22)20-21-18(23)27-14-16(24)19-8-13-26-15-6-4-3-5-7-15/h3-7H,2,8-14H2,1H3,(H,19,24). The van der Waals surface area contributed by atoms with Crippen LogP contribution in [0.15, 0.2) is 40.4 Å². The van der Waals surface area contributed by atoms with Crippen LogP contribution in [0.5, 0.6) is 0 Å². The van der Waals surface area contributed by atoms with Gasteiger partial charge in [0.2, 0.25) is 11.9 Å². The van der Waals surface area contributed by atoms with Crippen LogP contribution in [0, 0.1) is 0 Å². The Bertz CT molecular complexity index is 720. The number of ether oxygens (including phenoxy) is 1. The number of nitrogens with one attached hydrogen (secondary N) is 1. The summed E-state index contributed by atoms with van der Waals surface area (Å²) >= 11 is 3.17. The zero-order valence-corrected chi connectivity index (χ0v) is 17.1. The molecule has 0 spiro atoms. The summed E-state index contributed by atoms with van der Waals surface area (Å²) in [7, 11) is 0. The van der Waals surface area contributed by atoms with Gasteiger partial charge in [-0.2, -0.15) is 0 Å². The van der Waals surface area contributed by atoms with Crippen molar-refractivity contribution in [2.75, 3.05) is 49.3 Å². The Morgan fingerprint density at radius 2 is 1.96 bits per heavy atom. The molecule has 1 aliphatic heterocycles. The van der Waals surface area contributed by atoms with Crippen LogP contribution in [0.1, 0.15) is 6.92 Å². The number of nitrogens with zero attached hydrogens (tertiary/aromatic N) is 4. The molecule has 3 rings (SSSR count). The summed E-state index contributed by atoms with van der Waals surface area (Å²) in [6.07, 6.45) is 0. The summed E-state index contributed by atoms with van der Waals surface area (Å²) in [4.78, 5) is 15.5. The first-order chi connectivity index (χ1) is 13.3.